The maximum atomic E-state index is 12.3. The van der Waals surface area contributed by atoms with E-state index in [1.807, 2.05) is 12.2 Å². The third-order valence-electron chi connectivity index (χ3n) is 4.44. The molecule has 0 radical (unpaired) electrons. The lowest BCUT2D eigenvalue weighted by atomic mass is 9.83. The van der Waals surface area contributed by atoms with Gasteiger partial charge < -0.3 is 9.84 Å². The number of halogens is 2. The second-order valence-corrected chi connectivity index (χ2v) is 6.46. The molecular weight excluding hydrogens is 327 g/mol. The summed E-state index contributed by atoms with van der Waals surface area (Å²) >= 11 is 12.1. The fourth-order valence-electron chi connectivity index (χ4n) is 3.39. The van der Waals surface area contributed by atoms with Gasteiger partial charge in [-0.3, -0.25) is 9.59 Å². The van der Waals surface area contributed by atoms with Crippen LogP contribution in [0.4, 0.5) is 0 Å². The van der Waals surface area contributed by atoms with Crippen molar-refractivity contribution in [3.05, 3.63) is 46.0 Å². The van der Waals surface area contributed by atoms with E-state index in [4.69, 9.17) is 27.9 Å². The molecule has 1 saturated carbocycles. The van der Waals surface area contributed by atoms with E-state index in [9.17, 15) is 14.7 Å². The number of hydrogen-bond acceptors (Lipinski definition) is 3. The average Bonchev–Trinajstić information content (AvgIpc) is 3.06. The van der Waals surface area contributed by atoms with Gasteiger partial charge in [0.2, 0.25) is 0 Å². The van der Waals surface area contributed by atoms with Crippen LogP contribution in [0.25, 0.3) is 0 Å². The molecule has 0 unspecified atom stereocenters. The van der Waals surface area contributed by atoms with Gasteiger partial charge in [-0.15, -0.1) is 0 Å². The molecule has 0 aromatic heterocycles. The smallest absolute Gasteiger partial charge is 0.310 e. The van der Waals surface area contributed by atoms with Crippen molar-refractivity contribution in [1.29, 1.82) is 0 Å². The van der Waals surface area contributed by atoms with Gasteiger partial charge in [-0.1, -0.05) is 41.4 Å². The van der Waals surface area contributed by atoms with E-state index in [0.29, 0.717) is 22.0 Å². The molecule has 2 aliphatic carbocycles. The predicted molar refractivity (Wildman–Crippen MR) is 81.6 cm³/mol. The molecule has 22 heavy (non-hydrogen) atoms. The lowest BCUT2D eigenvalue weighted by molar-refractivity contribution is -0.159. The van der Waals surface area contributed by atoms with Gasteiger partial charge >= 0.3 is 11.9 Å². The molecule has 3 rings (SSSR count). The second kappa shape index (κ2) is 5.94. The number of carbonyl (C=O) groups is 2. The van der Waals surface area contributed by atoms with Crippen molar-refractivity contribution in [1.82, 2.24) is 0 Å². The van der Waals surface area contributed by atoms with E-state index in [2.05, 4.69) is 0 Å². The Balaban J connectivity index is 1.72. The van der Waals surface area contributed by atoms with Gasteiger partial charge in [-0.05, 0) is 30.4 Å². The maximum absolute atomic E-state index is 12.3. The molecule has 1 N–H and O–H groups in total. The lowest BCUT2D eigenvalue weighted by Crippen LogP contribution is -2.34. The van der Waals surface area contributed by atoms with Crippen LogP contribution < -0.4 is 0 Å². The highest BCUT2D eigenvalue weighted by Crippen LogP contribution is 2.48. The van der Waals surface area contributed by atoms with Crippen LogP contribution in [0.1, 0.15) is 12.0 Å². The van der Waals surface area contributed by atoms with Gasteiger partial charge in [0, 0.05) is 15.6 Å². The highest BCUT2D eigenvalue weighted by atomic mass is 35.5. The summed E-state index contributed by atoms with van der Waals surface area (Å²) < 4.78 is 5.30. The average molecular weight is 341 g/mol. The number of aliphatic carboxylic acids is 1. The van der Waals surface area contributed by atoms with Gasteiger partial charge in [0.05, 0.1) is 11.8 Å². The second-order valence-electron chi connectivity index (χ2n) is 5.65. The van der Waals surface area contributed by atoms with Crippen molar-refractivity contribution in [2.75, 3.05) is 0 Å². The molecule has 6 heteroatoms. The van der Waals surface area contributed by atoms with Crippen molar-refractivity contribution in [2.24, 2.45) is 23.7 Å². The van der Waals surface area contributed by atoms with Gasteiger partial charge in [0.15, 0.2) is 0 Å². The van der Waals surface area contributed by atoms with Crippen molar-refractivity contribution < 1.29 is 19.4 Å². The number of fused-ring (bicyclic) bond motifs is 2. The zero-order chi connectivity index (χ0) is 15.9. The van der Waals surface area contributed by atoms with Crippen LogP contribution in [0.5, 0.6) is 0 Å². The number of carbonyl (C=O) groups excluding carboxylic acids is 1. The fourth-order valence-corrected chi connectivity index (χ4v) is 3.90. The first kappa shape index (κ1) is 15.4. The molecule has 4 atom stereocenters. The number of hydrogen-bond donors (Lipinski definition) is 1. The molecule has 1 aromatic rings. The zero-order valence-electron chi connectivity index (χ0n) is 11.5. The number of rotatable bonds is 4. The molecule has 2 aliphatic rings. The Morgan fingerprint density at radius 1 is 1.14 bits per heavy atom. The Labute approximate surface area is 137 Å². The van der Waals surface area contributed by atoms with Crippen LogP contribution >= 0.6 is 23.2 Å². The molecule has 0 saturated heterocycles. The monoisotopic (exact) mass is 340 g/mol. The van der Waals surface area contributed by atoms with Crippen molar-refractivity contribution in [2.45, 2.75) is 13.0 Å². The molecule has 0 aliphatic heterocycles. The molecule has 116 valence electrons. The quantitative estimate of drug-likeness (QED) is 0.672. The minimum atomic E-state index is -0.949. The minimum Gasteiger partial charge on any atom is -0.481 e. The summed E-state index contributed by atoms with van der Waals surface area (Å²) in [5, 5.41) is 10.2. The van der Waals surface area contributed by atoms with E-state index < -0.39 is 23.8 Å². The molecule has 0 spiro atoms. The highest BCUT2D eigenvalue weighted by molar-refractivity contribution is 6.35. The molecule has 1 fully saturated rings. The number of ether oxygens (including phenoxy) is 1. The fraction of sp³-hybridized carbons (Fsp3) is 0.375. The Bertz CT molecular complexity index is 635. The van der Waals surface area contributed by atoms with Crippen LogP contribution in [0.3, 0.4) is 0 Å². The summed E-state index contributed by atoms with van der Waals surface area (Å²) in [6, 6.07) is 5.03. The van der Waals surface area contributed by atoms with Crippen molar-refractivity contribution in [3.8, 4) is 0 Å². The molecule has 2 bridgehead atoms. The zero-order valence-corrected chi connectivity index (χ0v) is 13.1. The largest absolute Gasteiger partial charge is 0.481 e. The minimum absolute atomic E-state index is 0.0543. The third kappa shape index (κ3) is 2.61. The first-order valence-electron chi connectivity index (χ1n) is 6.99. The van der Waals surface area contributed by atoms with Crippen LogP contribution in [-0.4, -0.2) is 17.0 Å². The van der Waals surface area contributed by atoms with E-state index in [-0.39, 0.29) is 18.4 Å². The van der Waals surface area contributed by atoms with Crippen LogP contribution in [0, 0.1) is 23.7 Å². The Kier molecular flexibility index (Phi) is 4.15. The summed E-state index contributed by atoms with van der Waals surface area (Å²) in [4.78, 5) is 23.7. The number of esters is 1. The molecule has 0 heterocycles. The standard InChI is InChI=1S/C16H14Cl2O4/c17-11-2-1-3-12(18)10(11)7-22-16(21)14-9-5-4-8(6-9)13(14)15(19)20/h1-5,8-9,13-14H,6-7H2,(H,19,20)/t8-,9-,13+,14-/m0/s1. The maximum Gasteiger partial charge on any atom is 0.310 e. The predicted octanol–water partition coefficient (Wildman–Crippen LogP) is 3.56. The van der Waals surface area contributed by atoms with Gasteiger partial charge in [-0.2, -0.15) is 0 Å². The third-order valence-corrected chi connectivity index (χ3v) is 5.15. The molecular formula is C16H14Cl2O4. The highest BCUT2D eigenvalue weighted by Gasteiger charge is 2.52. The van der Waals surface area contributed by atoms with E-state index >= 15 is 0 Å². The summed E-state index contributed by atoms with van der Waals surface area (Å²) in [6.07, 6.45) is 4.50. The van der Waals surface area contributed by atoms with Gasteiger partial charge in [0.25, 0.3) is 0 Å². The SMILES string of the molecule is O=C(OCc1c(Cl)cccc1Cl)[C@@H]1[C@H](C(=O)O)[C@H]2C=C[C@H]1C2. The Hall–Kier alpha value is -1.52. The molecule has 0 amide bonds. The van der Waals surface area contributed by atoms with Crippen LogP contribution in [0.15, 0.2) is 30.4 Å². The van der Waals surface area contributed by atoms with Crippen LogP contribution in [0.2, 0.25) is 10.0 Å². The summed E-state index contributed by atoms with van der Waals surface area (Å²) in [5.41, 5.74) is 0.532. The van der Waals surface area contributed by atoms with Crippen LogP contribution in [-0.2, 0) is 20.9 Å². The normalized spacial score (nSPS) is 28.8. The first-order chi connectivity index (χ1) is 10.5. The summed E-state index contributed by atoms with van der Waals surface area (Å²) in [5.74, 6) is -2.92. The molecule has 1 aromatic carbocycles. The van der Waals surface area contributed by atoms with Gasteiger partial charge in [-0.25, -0.2) is 0 Å². The van der Waals surface area contributed by atoms with Crippen molar-refractivity contribution >= 4 is 35.1 Å². The van der Waals surface area contributed by atoms with Crippen molar-refractivity contribution in [3.63, 3.8) is 0 Å². The first-order valence-corrected chi connectivity index (χ1v) is 7.75. The Morgan fingerprint density at radius 2 is 1.73 bits per heavy atom. The van der Waals surface area contributed by atoms with E-state index in [1.165, 1.54) is 0 Å². The van der Waals surface area contributed by atoms with E-state index in [1.54, 1.807) is 18.2 Å². The Morgan fingerprint density at radius 3 is 2.32 bits per heavy atom. The number of carboxylic acids is 1. The summed E-state index contributed by atoms with van der Waals surface area (Å²) in [6.45, 7) is -0.0543. The number of benzene rings is 1. The van der Waals surface area contributed by atoms with E-state index in [0.717, 1.165) is 0 Å². The lowest BCUT2D eigenvalue weighted by Gasteiger charge is -2.23. The van der Waals surface area contributed by atoms with Gasteiger partial charge in [0.1, 0.15) is 6.61 Å². The number of carboxylic acid groups (broad SMARTS) is 1. The summed E-state index contributed by atoms with van der Waals surface area (Å²) in [7, 11) is 0. The molecule has 4 nitrogen and oxygen atoms in total. The number of allylic oxidation sites excluding steroid dienone is 2. The topological polar surface area (TPSA) is 63.6 Å².